The van der Waals surface area contributed by atoms with Crippen LogP contribution >= 0.6 is 0 Å². The molecule has 6 rings (SSSR count). The molecule has 2 N–H and O–H groups in total. The molecule has 5 nitrogen and oxygen atoms in total. The fourth-order valence-electron chi connectivity index (χ4n) is 4.45. The molecular weight excluding hydrogens is 348 g/mol. The Morgan fingerprint density at radius 1 is 0.893 bits per heavy atom. The second-order valence-corrected chi connectivity index (χ2v) is 7.70. The van der Waals surface area contributed by atoms with Gasteiger partial charge in [-0.25, -0.2) is 9.97 Å². The van der Waals surface area contributed by atoms with E-state index in [0.29, 0.717) is 6.61 Å². The fraction of sp³-hybridized carbons (Fsp3) is 0.217. The molecule has 2 aliphatic rings. The molecule has 0 fully saturated rings. The predicted molar refractivity (Wildman–Crippen MR) is 108 cm³/mol. The Hall–Kier alpha value is -3.34. The van der Waals surface area contributed by atoms with E-state index in [2.05, 4.69) is 45.3 Å². The number of fused-ring (bicyclic) bond motifs is 6. The van der Waals surface area contributed by atoms with Crippen LogP contribution in [0.25, 0.3) is 33.6 Å². The van der Waals surface area contributed by atoms with E-state index in [1.807, 2.05) is 20.0 Å². The van der Waals surface area contributed by atoms with Gasteiger partial charge in [-0.15, -0.1) is 0 Å². The van der Waals surface area contributed by atoms with Crippen LogP contribution in [0.15, 0.2) is 36.5 Å². The lowest BCUT2D eigenvalue weighted by Crippen LogP contribution is -2.09. The summed E-state index contributed by atoms with van der Waals surface area (Å²) in [6.45, 7) is 4.56. The molecule has 1 aliphatic heterocycles. The average Bonchev–Trinajstić information content (AvgIpc) is 3.31. The van der Waals surface area contributed by atoms with Crippen LogP contribution in [-0.4, -0.2) is 19.9 Å². The van der Waals surface area contributed by atoms with Crippen molar-refractivity contribution < 1.29 is 4.74 Å². The second kappa shape index (κ2) is 5.58. The average molecular weight is 368 g/mol. The van der Waals surface area contributed by atoms with E-state index in [1.165, 1.54) is 33.5 Å². The van der Waals surface area contributed by atoms with Crippen molar-refractivity contribution in [2.24, 2.45) is 0 Å². The lowest BCUT2D eigenvalue weighted by atomic mass is 9.86. The van der Waals surface area contributed by atoms with Crippen LogP contribution in [0, 0.1) is 13.8 Å². The van der Waals surface area contributed by atoms with Gasteiger partial charge in [0.1, 0.15) is 24.0 Å². The minimum absolute atomic E-state index is 0.578. The number of hydrogen-bond acceptors (Lipinski definition) is 3. The molecular formula is C23H20N4O. The Labute approximate surface area is 162 Å². The third kappa shape index (κ3) is 2.26. The van der Waals surface area contributed by atoms with E-state index in [-0.39, 0.29) is 0 Å². The number of nitrogens with one attached hydrogen (secondary N) is 2. The minimum atomic E-state index is 0.578. The molecule has 0 unspecified atom stereocenters. The number of aryl methyl sites for hydroxylation is 4. The molecule has 0 spiro atoms. The van der Waals surface area contributed by atoms with Gasteiger partial charge in [0.15, 0.2) is 0 Å². The quantitative estimate of drug-likeness (QED) is 0.510. The molecule has 0 saturated heterocycles. The van der Waals surface area contributed by atoms with Gasteiger partial charge in [-0.3, -0.25) is 0 Å². The second-order valence-electron chi connectivity index (χ2n) is 7.70. The molecule has 3 heterocycles. The van der Waals surface area contributed by atoms with Gasteiger partial charge in [-0.05, 0) is 67.1 Å². The lowest BCUT2D eigenvalue weighted by Gasteiger charge is -2.25. The van der Waals surface area contributed by atoms with Gasteiger partial charge in [0.05, 0.1) is 17.6 Å². The van der Waals surface area contributed by atoms with Gasteiger partial charge in [-0.1, -0.05) is 12.1 Å². The third-order valence-electron chi connectivity index (χ3n) is 5.79. The van der Waals surface area contributed by atoms with E-state index >= 15 is 0 Å². The summed E-state index contributed by atoms with van der Waals surface area (Å²) in [6.07, 6.45) is 3.92. The molecule has 138 valence electrons. The van der Waals surface area contributed by atoms with E-state index < -0.39 is 0 Å². The Morgan fingerprint density at radius 3 is 2.68 bits per heavy atom. The zero-order chi connectivity index (χ0) is 18.8. The molecule has 0 amide bonds. The summed E-state index contributed by atoms with van der Waals surface area (Å²) in [6, 6.07) is 11.1. The molecule has 4 aromatic rings. The Balaban J connectivity index is 1.47. The molecule has 2 aromatic heterocycles. The molecule has 1 aliphatic carbocycles. The summed E-state index contributed by atoms with van der Waals surface area (Å²) in [7, 11) is 0. The first kappa shape index (κ1) is 15.7. The van der Waals surface area contributed by atoms with Crippen LogP contribution in [0.3, 0.4) is 0 Å². The van der Waals surface area contributed by atoms with E-state index in [4.69, 9.17) is 9.72 Å². The van der Waals surface area contributed by atoms with Crippen LogP contribution in [0.2, 0.25) is 0 Å². The van der Waals surface area contributed by atoms with Crippen molar-refractivity contribution >= 4 is 0 Å². The standard InChI is InChI=1S/C23H20N4O/c1-12-24-10-21(25-12)15-3-5-17-16(7-15)11-28-22-9-18-14(8-19(17)22)4-6-20-23(18)27-13(2)26-20/h3,5,7-10H,4,6,11H2,1-2H3,(H,24,25)(H,26,27). The lowest BCUT2D eigenvalue weighted by molar-refractivity contribution is 0.302. The maximum Gasteiger partial charge on any atom is 0.128 e. The van der Waals surface area contributed by atoms with Crippen molar-refractivity contribution in [2.75, 3.05) is 0 Å². The summed E-state index contributed by atoms with van der Waals surface area (Å²) < 4.78 is 6.17. The maximum absolute atomic E-state index is 6.17. The van der Waals surface area contributed by atoms with Gasteiger partial charge in [-0.2, -0.15) is 0 Å². The first-order chi connectivity index (χ1) is 13.7. The monoisotopic (exact) mass is 368 g/mol. The van der Waals surface area contributed by atoms with Gasteiger partial charge in [0.2, 0.25) is 0 Å². The summed E-state index contributed by atoms with van der Waals surface area (Å²) >= 11 is 0. The van der Waals surface area contributed by atoms with Gasteiger partial charge in [0, 0.05) is 16.8 Å². The summed E-state index contributed by atoms with van der Waals surface area (Å²) in [4.78, 5) is 15.7. The first-order valence-electron chi connectivity index (χ1n) is 9.66. The third-order valence-corrected chi connectivity index (χ3v) is 5.79. The number of ether oxygens (including phenoxy) is 1. The van der Waals surface area contributed by atoms with Crippen LogP contribution in [0.5, 0.6) is 5.75 Å². The zero-order valence-corrected chi connectivity index (χ0v) is 15.9. The fourth-order valence-corrected chi connectivity index (χ4v) is 4.45. The number of H-pyrrole nitrogens is 2. The van der Waals surface area contributed by atoms with E-state index in [9.17, 15) is 0 Å². The smallest absolute Gasteiger partial charge is 0.128 e. The van der Waals surface area contributed by atoms with E-state index in [0.717, 1.165) is 47.2 Å². The summed E-state index contributed by atoms with van der Waals surface area (Å²) in [5.74, 6) is 2.85. The summed E-state index contributed by atoms with van der Waals surface area (Å²) in [5, 5.41) is 0. The molecule has 2 aromatic carbocycles. The van der Waals surface area contributed by atoms with Crippen LogP contribution in [-0.2, 0) is 19.4 Å². The Bertz CT molecular complexity index is 1250. The van der Waals surface area contributed by atoms with Crippen molar-refractivity contribution in [3.8, 4) is 39.4 Å². The molecule has 28 heavy (non-hydrogen) atoms. The minimum Gasteiger partial charge on any atom is -0.488 e. The number of rotatable bonds is 1. The molecule has 5 heteroatoms. The van der Waals surface area contributed by atoms with Crippen LogP contribution in [0.1, 0.15) is 28.5 Å². The van der Waals surface area contributed by atoms with Crippen molar-refractivity contribution in [3.63, 3.8) is 0 Å². The topological polar surface area (TPSA) is 66.6 Å². The SMILES string of the molecule is Cc1ncc(-c2ccc3c(c2)COc2cc4c(cc2-3)CCc2[nH]c(C)nc2-4)[nH]1. The largest absolute Gasteiger partial charge is 0.488 e. The zero-order valence-electron chi connectivity index (χ0n) is 15.9. The van der Waals surface area contributed by atoms with Crippen molar-refractivity contribution in [3.05, 3.63) is 65.0 Å². The van der Waals surface area contributed by atoms with Crippen molar-refractivity contribution in [1.82, 2.24) is 19.9 Å². The number of aromatic nitrogens is 4. The molecule has 0 radical (unpaired) electrons. The summed E-state index contributed by atoms with van der Waals surface area (Å²) in [5.41, 5.74) is 10.7. The number of imidazole rings is 2. The Kier molecular flexibility index (Phi) is 3.13. The van der Waals surface area contributed by atoms with Gasteiger partial charge < -0.3 is 14.7 Å². The predicted octanol–water partition coefficient (Wildman–Crippen LogP) is 4.74. The number of aromatic amines is 2. The number of nitrogens with zero attached hydrogens (tertiary/aromatic N) is 2. The van der Waals surface area contributed by atoms with Gasteiger partial charge in [0.25, 0.3) is 0 Å². The highest BCUT2D eigenvalue weighted by atomic mass is 16.5. The number of hydrogen-bond donors (Lipinski definition) is 2. The Morgan fingerprint density at radius 2 is 1.82 bits per heavy atom. The molecule has 0 saturated carbocycles. The highest BCUT2D eigenvalue weighted by Crippen LogP contribution is 2.44. The first-order valence-corrected chi connectivity index (χ1v) is 9.66. The van der Waals surface area contributed by atoms with Gasteiger partial charge >= 0.3 is 0 Å². The molecule has 0 atom stereocenters. The highest BCUT2D eigenvalue weighted by Gasteiger charge is 2.25. The van der Waals surface area contributed by atoms with E-state index in [1.54, 1.807) is 0 Å². The normalized spacial score (nSPS) is 13.9. The van der Waals surface area contributed by atoms with Crippen molar-refractivity contribution in [2.45, 2.75) is 33.3 Å². The van der Waals surface area contributed by atoms with Crippen LogP contribution in [0.4, 0.5) is 0 Å². The van der Waals surface area contributed by atoms with Crippen LogP contribution < -0.4 is 4.74 Å². The van der Waals surface area contributed by atoms with Crippen molar-refractivity contribution in [1.29, 1.82) is 0 Å². The highest BCUT2D eigenvalue weighted by molar-refractivity contribution is 5.83. The molecule has 0 bridgehead atoms. The number of benzene rings is 2. The maximum atomic E-state index is 6.17.